The first-order chi connectivity index (χ1) is 17.5. The molecule has 0 bridgehead atoms. The molecule has 0 heterocycles. The van der Waals surface area contributed by atoms with Crippen molar-refractivity contribution in [3.8, 4) is 0 Å². The van der Waals surface area contributed by atoms with Gasteiger partial charge in [-0.05, 0) is 32.6 Å². The predicted molar refractivity (Wildman–Crippen MR) is 134 cm³/mol. The maximum Gasteiger partial charge on any atom is 0.407 e. The van der Waals surface area contributed by atoms with Crippen LogP contribution >= 0.6 is 12.6 Å². The van der Waals surface area contributed by atoms with Crippen molar-refractivity contribution in [2.24, 2.45) is 0 Å². The molecule has 1 rings (SSSR count). The fourth-order valence-corrected chi connectivity index (χ4v) is 3.47. The van der Waals surface area contributed by atoms with Crippen LogP contribution < -0.4 is 5.32 Å². The summed E-state index contributed by atoms with van der Waals surface area (Å²) in [5.41, 5.74) is 0. The minimum Gasteiger partial charge on any atom is -0.463 e. The number of esters is 1. The average molecular weight is 538 g/mol. The van der Waals surface area contributed by atoms with Crippen molar-refractivity contribution >= 4 is 30.5 Å². The third-order valence-corrected chi connectivity index (χ3v) is 5.66. The number of hydrogen-bond acceptors (Lipinski definition) is 11. The summed E-state index contributed by atoms with van der Waals surface area (Å²) in [4.78, 5) is 33.8. The molecule has 0 atom stereocenters. The van der Waals surface area contributed by atoms with Gasteiger partial charge in [-0.1, -0.05) is 0 Å². The molecule has 12 heteroatoms. The number of thiol groups is 1. The second-order valence-electron chi connectivity index (χ2n) is 8.27. The summed E-state index contributed by atoms with van der Waals surface area (Å²) >= 11 is 4.45. The van der Waals surface area contributed by atoms with Crippen LogP contribution in [0.3, 0.4) is 0 Å². The molecule has 1 aliphatic carbocycles. The van der Waals surface area contributed by atoms with Crippen molar-refractivity contribution in [2.45, 2.75) is 56.7 Å². The van der Waals surface area contributed by atoms with Crippen LogP contribution in [-0.2, 0) is 42.7 Å². The van der Waals surface area contributed by atoms with Crippen LogP contribution in [0.1, 0.15) is 45.4 Å². The van der Waals surface area contributed by atoms with E-state index in [1.807, 2.05) is 0 Å². The van der Waals surface area contributed by atoms with Crippen LogP contribution in [0.5, 0.6) is 0 Å². The van der Waals surface area contributed by atoms with Gasteiger partial charge in [-0.25, -0.2) is 4.79 Å². The summed E-state index contributed by atoms with van der Waals surface area (Å²) in [6.45, 7) is 5.85. The Kier molecular flexibility index (Phi) is 20.6. The van der Waals surface area contributed by atoms with Crippen LogP contribution in [0.25, 0.3) is 0 Å². The summed E-state index contributed by atoms with van der Waals surface area (Å²) in [7, 11) is 0. The van der Waals surface area contributed by atoms with Crippen LogP contribution in [0.4, 0.5) is 4.79 Å². The number of carbonyl (C=O) groups is 3. The Balaban J connectivity index is 1.72. The molecular weight excluding hydrogens is 494 g/mol. The minimum absolute atomic E-state index is 0.0369. The average Bonchev–Trinajstić information content (AvgIpc) is 2.85. The number of rotatable bonds is 22. The number of amides is 1. The van der Waals surface area contributed by atoms with Gasteiger partial charge >= 0.3 is 12.1 Å². The lowest BCUT2D eigenvalue weighted by molar-refractivity contribution is -0.146. The maximum atomic E-state index is 11.7. The highest BCUT2D eigenvalue weighted by Gasteiger charge is 2.20. The summed E-state index contributed by atoms with van der Waals surface area (Å²) < 4.78 is 36.9. The predicted octanol–water partition coefficient (Wildman–Crippen LogP) is 1.95. The molecular formula is C24H43NO10S. The van der Waals surface area contributed by atoms with Gasteiger partial charge in [0.25, 0.3) is 0 Å². The van der Waals surface area contributed by atoms with Crippen LogP contribution in [-0.4, -0.2) is 108 Å². The topological polar surface area (TPSA) is 128 Å². The lowest BCUT2D eigenvalue weighted by Crippen LogP contribution is -2.38. The molecule has 11 nitrogen and oxygen atoms in total. The lowest BCUT2D eigenvalue weighted by atomic mass is 9.95. The standard InChI is InChI=1S/C24H43NO10S/c1-20(26)2-7-23(27)34-18-16-32-14-12-30-10-8-29-9-11-31-13-15-33-17-19-35-24(28)25-21-3-5-22(36)6-4-21/h21-22,36H,2-19H2,1H3,(H,25,28). The zero-order valence-corrected chi connectivity index (χ0v) is 22.3. The number of nitrogens with one attached hydrogen (secondary N) is 1. The Morgan fingerprint density at radius 3 is 1.50 bits per heavy atom. The number of hydrogen-bond donors (Lipinski definition) is 2. The highest BCUT2D eigenvalue weighted by atomic mass is 32.1. The molecule has 1 amide bonds. The second kappa shape index (κ2) is 22.7. The van der Waals surface area contributed by atoms with Crippen molar-refractivity contribution in [2.75, 3.05) is 79.3 Å². The van der Waals surface area contributed by atoms with E-state index in [1.165, 1.54) is 6.92 Å². The molecule has 0 aromatic rings. The Hall–Kier alpha value is -1.44. The van der Waals surface area contributed by atoms with Crippen molar-refractivity contribution < 1.29 is 47.5 Å². The van der Waals surface area contributed by atoms with Crippen LogP contribution in [0.15, 0.2) is 0 Å². The van der Waals surface area contributed by atoms with E-state index >= 15 is 0 Å². The molecule has 1 aliphatic rings. The summed E-state index contributed by atoms with van der Waals surface area (Å²) in [6, 6.07) is 0.179. The number of ether oxygens (including phenoxy) is 7. The third-order valence-electron chi connectivity index (χ3n) is 5.14. The zero-order chi connectivity index (χ0) is 26.3. The lowest BCUT2D eigenvalue weighted by Gasteiger charge is -2.26. The second-order valence-corrected chi connectivity index (χ2v) is 9.00. The number of carbonyl (C=O) groups excluding carboxylic acids is 3. The van der Waals surface area contributed by atoms with E-state index in [0.29, 0.717) is 64.7 Å². The van der Waals surface area contributed by atoms with E-state index in [2.05, 4.69) is 17.9 Å². The van der Waals surface area contributed by atoms with Gasteiger partial charge in [-0.2, -0.15) is 12.6 Å². The molecule has 0 radical (unpaired) electrons. The van der Waals surface area contributed by atoms with Crippen LogP contribution in [0, 0.1) is 0 Å². The normalized spacial score (nSPS) is 17.5. The van der Waals surface area contributed by atoms with E-state index in [9.17, 15) is 14.4 Å². The molecule has 210 valence electrons. The van der Waals surface area contributed by atoms with E-state index < -0.39 is 12.1 Å². The Labute approximate surface area is 219 Å². The fraction of sp³-hybridized carbons (Fsp3) is 0.875. The summed E-state index contributed by atoms with van der Waals surface area (Å²) in [5, 5.41) is 3.32. The first-order valence-electron chi connectivity index (χ1n) is 12.6. The van der Waals surface area contributed by atoms with Gasteiger partial charge in [-0.15, -0.1) is 0 Å². The van der Waals surface area contributed by atoms with Crippen molar-refractivity contribution in [3.05, 3.63) is 0 Å². The monoisotopic (exact) mass is 537 g/mol. The molecule has 0 spiro atoms. The van der Waals surface area contributed by atoms with E-state index in [-0.39, 0.29) is 44.5 Å². The molecule has 0 aliphatic heterocycles. The van der Waals surface area contributed by atoms with Crippen molar-refractivity contribution in [1.29, 1.82) is 0 Å². The SMILES string of the molecule is CC(=O)CCC(=O)OCCOCCOCCOCCOCCOCCOC(=O)NC1CCC(S)CC1. The van der Waals surface area contributed by atoms with E-state index in [0.717, 1.165) is 25.7 Å². The Bertz CT molecular complexity index is 587. The minimum atomic E-state index is -0.396. The molecule has 0 aromatic heterocycles. The number of ketones is 1. The number of Topliss-reactive ketones (excluding diaryl/α,β-unsaturated/α-hetero) is 1. The van der Waals surface area contributed by atoms with E-state index in [4.69, 9.17) is 33.2 Å². The van der Waals surface area contributed by atoms with Gasteiger partial charge < -0.3 is 43.3 Å². The quantitative estimate of drug-likeness (QED) is 0.120. The fourth-order valence-electron chi connectivity index (χ4n) is 3.17. The Morgan fingerprint density at radius 2 is 1.06 bits per heavy atom. The molecule has 1 N–H and O–H groups in total. The van der Waals surface area contributed by atoms with Gasteiger partial charge in [0.05, 0.1) is 72.5 Å². The zero-order valence-electron chi connectivity index (χ0n) is 21.4. The summed E-state index contributed by atoms with van der Waals surface area (Å²) in [5.74, 6) is -0.433. The summed E-state index contributed by atoms with van der Waals surface area (Å²) in [6.07, 6.45) is 3.82. The van der Waals surface area contributed by atoms with Gasteiger partial charge in [0.15, 0.2) is 0 Å². The Morgan fingerprint density at radius 1 is 0.639 bits per heavy atom. The van der Waals surface area contributed by atoms with Crippen molar-refractivity contribution in [1.82, 2.24) is 5.32 Å². The molecule has 0 unspecified atom stereocenters. The van der Waals surface area contributed by atoms with Gasteiger partial charge in [0, 0.05) is 17.7 Å². The molecule has 36 heavy (non-hydrogen) atoms. The van der Waals surface area contributed by atoms with Gasteiger partial charge in [-0.3, -0.25) is 4.79 Å². The number of alkyl carbamates (subject to hydrolysis) is 1. The first kappa shape index (κ1) is 32.6. The molecule has 1 fully saturated rings. The smallest absolute Gasteiger partial charge is 0.407 e. The molecule has 1 saturated carbocycles. The van der Waals surface area contributed by atoms with Crippen molar-refractivity contribution in [3.63, 3.8) is 0 Å². The highest BCUT2D eigenvalue weighted by molar-refractivity contribution is 7.80. The third kappa shape index (κ3) is 20.7. The first-order valence-corrected chi connectivity index (χ1v) is 13.1. The van der Waals surface area contributed by atoms with Gasteiger partial charge in [0.1, 0.15) is 19.0 Å². The van der Waals surface area contributed by atoms with Crippen LogP contribution in [0.2, 0.25) is 0 Å². The molecule has 0 saturated heterocycles. The molecule has 0 aromatic carbocycles. The van der Waals surface area contributed by atoms with Gasteiger partial charge in [0.2, 0.25) is 0 Å². The maximum absolute atomic E-state index is 11.7. The van der Waals surface area contributed by atoms with E-state index in [1.54, 1.807) is 0 Å². The highest BCUT2D eigenvalue weighted by Crippen LogP contribution is 2.22. The largest absolute Gasteiger partial charge is 0.463 e.